The lowest BCUT2D eigenvalue weighted by Gasteiger charge is -2.14. The number of benzene rings is 3. The summed E-state index contributed by atoms with van der Waals surface area (Å²) < 4.78 is 40.9. The molecule has 0 aliphatic carbocycles. The van der Waals surface area contributed by atoms with Crippen LogP contribution in [0.3, 0.4) is 0 Å². The van der Waals surface area contributed by atoms with E-state index in [1.165, 1.54) is 23.0 Å². The first-order valence-electron chi connectivity index (χ1n) is 10.2. The molecule has 4 aromatic rings. The first kappa shape index (κ1) is 23.0. The second-order valence-electron chi connectivity index (χ2n) is 7.87. The predicted molar refractivity (Wildman–Crippen MR) is 125 cm³/mol. The number of fused-ring (bicyclic) bond motifs is 1. The van der Waals surface area contributed by atoms with Crippen molar-refractivity contribution in [1.82, 2.24) is 9.55 Å². The Bertz CT molecular complexity index is 1480. The Morgan fingerprint density at radius 1 is 1.03 bits per heavy atom. The molecule has 173 valence electrons. The van der Waals surface area contributed by atoms with E-state index in [0.717, 1.165) is 11.6 Å². The summed E-state index contributed by atoms with van der Waals surface area (Å²) in [7, 11) is 1.62. The van der Waals surface area contributed by atoms with Crippen molar-refractivity contribution in [3.05, 3.63) is 100 Å². The molecule has 3 aromatic carbocycles. The third kappa shape index (κ3) is 4.63. The van der Waals surface area contributed by atoms with Crippen LogP contribution in [-0.4, -0.2) is 15.5 Å². The number of carbonyl (C=O) groups excluding carboxylic acids is 1. The van der Waals surface area contributed by atoms with E-state index in [2.05, 4.69) is 22.5 Å². The minimum Gasteiger partial charge on any atom is -0.355 e. The zero-order valence-corrected chi connectivity index (χ0v) is 18.3. The Labute approximate surface area is 193 Å². The van der Waals surface area contributed by atoms with E-state index >= 15 is 0 Å². The number of alkyl halides is 3. The Hall–Kier alpha value is -4.14. The molecule has 0 aliphatic heterocycles. The van der Waals surface area contributed by atoms with E-state index in [1.54, 1.807) is 43.4 Å². The summed E-state index contributed by atoms with van der Waals surface area (Å²) in [5.74, 6) is -0.680. The standard InChI is InChI=1S/C25H20F3N4O2/c1-14-4-6-16(10-20(14)25(26,27)28)23(33)31-18-7-5-15(2)22(12-18)30-17-8-9-21-19(11-17)24(34)32(3)13-29-21/h4-13,30H,1H2,2-3H3,(H,31,33). The molecular formula is C25H20F3N4O2. The molecule has 0 saturated heterocycles. The van der Waals surface area contributed by atoms with Crippen molar-refractivity contribution in [2.45, 2.75) is 13.1 Å². The first-order chi connectivity index (χ1) is 16.0. The molecule has 0 atom stereocenters. The molecule has 0 spiro atoms. The van der Waals surface area contributed by atoms with Crippen LogP contribution < -0.4 is 16.2 Å². The molecule has 0 aliphatic rings. The smallest absolute Gasteiger partial charge is 0.355 e. The molecule has 1 radical (unpaired) electrons. The highest BCUT2D eigenvalue weighted by Gasteiger charge is 2.33. The zero-order chi connectivity index (χ0) is 24.6. The summed E-state index contributed by atoms with van der Waals surface area (Å²) in [6, 6.07) is 13.5. The van der Waals surface area contributed by atoms with Crippen molar-refractivity contribution in [2.24, 2.45) is 7.05 Å². The highest BCUT2D eigenvalue weighted by atomic mass is 19.4. The normalized spacial score (nSPS) is 11.5. The molecule has 4 rings (SSSR count). The van der Waals surface area contributed by atoms with Crippen LogP contribution in [0, 0.1) is 13.8 Å². The van der Waals surface area contributed by atoms with Crippen molar-refractivity contribution in [3.63, 3.8) is 0 Å². The summed E-state index contributed by atoms with van der Waals surface area (Å²) >= 11 is 0. The van der Waals surface area contributed by atoms with Gasteiger partial charge in [-0.15, -0.1) is 0 Å². The number of hydrogen-bond donors (Lipinski definition) is 2. The van der Waals surface area contributed by atoms with Gasteiger partial charge >= 0.3 is 6.18 Å². The molecular weight excluding hydrogens is 445 g/mol. The van der Waals surface area contributed by atoms with Gasteiger partial charge in [-0.25, -0.2) is 4.98 Å². The molecule has 9 heteroatoms. The Balaban J connectivity index is 1.60. The van der Waals surface area contributed by atoms with Crippen molar-refractivity contribution in [1.29, 1.82) is 0 Å². The lowest BCUT2D eigenvalue weighted by molar-refractivity contribution is -0.137. The Morgan fingerprint density at radius 2 is 1.76 bits per heavy atom. The summed E-state index contributed by atoms with van der Waals surface area (Å²) in [4.78, 5) is 29.2. The second kappa shape index (κ2) is 8.66. The molecule has 34 heavy (non-hydrogen) atoms. The fourth-order valence-electron chi connectivity index (χ4n) is 3.46. The highest BCUT2D eigenvalue weighted by molar-refractivity contribution is 6.04. The van der Waals surface area contributed by atoms with Gasteiger partial charge in [-0.05, 0) is 67.4 Å². The number of aromatic nitrogens is 2. The van der Waals surface area contributed by atoms with Crippen LogP contribution in [-0.2, 0) is 13.2 Å². The quantitative estimate of drug-likeness (QED) is 0.421. The van der Waals surface area contributed by atoms with E-state index in [0.29, 0.717) is 28.0 Å². The van der Waals surface area contributed by atoms with Crippen LogP contribution in [0.2, 0.25) is 0 Å². The number of nitrogens with zero attached hydrogens (tertiary/aromatic N) is 2. The van der Waals surface area contributed by atoms with Gasteiger partial charge in [0.15, 0.2) is 0 Å². The maximum absolute atomic E-state index is 13.2. The SMILES string of the molecule is [CH2]c1ccc(C(=O)Nc2ccc(C)c(Nc3ccc4ncn(C)c(=O)c4c3)c2)cc1C(F)(F)F. The lowest BCUT2D eigenvalue weighted by Crippen LogP contribution is -2.16. The van der Waals surface area contributed by atoms with Gasteiger partial charge < -0.3 is 15.2 Å². The van der Waals surface area contributed by atoms with Crippen LogP contribution in [0.5, 0.6) is 0 Å². The van der Waals surface area contributed by atoms with Crippen molar-refractivity contribution in [2.75, 3.05) is 10.6 Å². The zero-order valence-electron chi connectivity index (χ0n) is 18.3. The van der Waals surface area contributed by atoms with E-state index in [-0.39, 0.29) is 16.7 Å². The van der Waals surface area contributed by atoms with Gasteiger partial charge in [0.1, 0.15) is 0 Å². The predicted octanol–water partition coefficient (Wildman–Crippen LogP) is 5.44. The van der Waals surface area contributed by atoms with Gasteiger partial charge in [0.25, 0.3) is 11.5 Å². The average molecular weight is 465 g/mol. The fourth-order valence-corrected chi connectivity index (χ4v) is 3.46. The molecule has 2 N–H and O–H groups in total. The fraction of sp³-hybridized carbons (Fsp3) is 0.120. The third-order valence-corrected chi connectivity index (χ3v) is 5.37. The van der Waals surface area contributed by atoms with E-state index in [4.69, 9.17) is 0 Å². The topological polar surface area (TPSA) is 76.0 Å². The minimum atomic E-state index is -4.61. The molecule has 1 heterocycles. The van der Waals surface area contributed by atoms with Crippen molar-refractivity contribution >= 4 is 33.9 Å². The number of carbonyl (C=O) groups is 1. The van der Waals surface area contributed by atoms with Gasteiger partial charge in [-0.2, -0.15) is 13.2 Å². The molecule has 1 amide bonds. The van der Waals surface area contributed by atoms with Crippen LogP contribution in [0.1, 0.15) is 27.0 Å². The maximum Gasteiger partial charge on any atom is 0.416 e. The van der Waals surface area contributed by atoms with Gasteiger partial charge in [0.2, 0.25) is 0 Å². The summed E-state index contributed by atoms with van der Waals surface area (Å²) in [5.41, 5.74) is 1.65. The van der Waals surface area contributed by atoms with Crippen LogP contribution in [0.25, 0.3) is 10.9 Å². The Morgan fingerprint density at radius 3 is 2.50 bits per heavy atom. The number of aryl methyl sites for hydroxylation is 2. The van der Waals surface area contributed by atoms with Crippen LogP contribution in [0.4, 0.5) is 30.2 Å². The van der Waals surface area contributed by atoms with Gasteiger partial charge in [0, 0.05) is 29.7 Å². The number of amides is 1. The van der Waals surface area contributed by atoms with Crippen LogP contribution >= 0.6 is 0 Å². The number of hydrogen-bond acceptors (Lipinski definition) is 4. The second-order valence-corrected chi connectivity index (χ2v) is 7.87. The summed E-state index contributed by atoms with van der Waals surface area (Å²) in [6.45, 7) is 5.24. The van der Waals surface area contributed by atoms with E-state index in [1.807, 2.05) is 6.92 Å². The molecule has 0 saturated carbocycles. The van der Waals surface area contributed by atoms with Crippen LogP contribution in [0.15, 0.2) is 65.7 Å². The molecule has 1 aromatic heterocycles. The largest absolute Gasteiger partial charge is 0.416 e. The summed E-state index contributed by atoms with van der Waals surface area (Å²) in [6.07, 6.45) is -3.15. The van der Waals surface area contributed by atoms with Gasteiger partial charge in [-0.3, -0.25) is 9.59 Å². The first-order valence-corrected chi connectivity index (χ1v) is 10.2. The lowest BCUT2D eigenvalue weighted by atomic mass is 10.0. The minimum absolute atomic E-state index is 0.132. The average Bonchev–Trinajstić information content (AvgIpc) is 2.78. The number of halogens is 3. The Kier molecular flexibility index (Phi) is 5.87. The number of anilines is 3. The molecule has 0 bridgehead atoms. The van der Waals surface area contributed by atoms with Crippen molar-refractivity contribution in [3.8, 4) is 0 Å². The highest BCUT2D eigenvalue weighted by Crippen LogP contribution is 2.32. The number of rotatable bonds is 4. The molecule has 0 fully saturated rings. The van der Waals surface area contributed by atoms with E-state index < -0.39 is 17.6 Å². The van der Waals surface area contributed by atoms with Gasteiger partial charge in [0.05, 0.1) is 22.8 Å². The van der Waals surface area contributed by atoms with Crippen molar-refractivity contribution < 1.29 is 18.0 Å². The molecule has 0 unspecified atom stereocenters. The van der Waals surface area contributed by atoms with Gasteiger partial charge in [-0.1, -0.05) is 12.1 Å². The third-order valence-electron chi connectivity index (χ3n) is 5.37. The monoisotopic (exact) mass is 465 g/mol. The molecule has 6 nitrogen and oxygen atoms in total. The maximum atomic E-state index is 13.2. The number of nitrogens with one attached hydrogen (secondary N) is 2. The van der Waals surface area contributed by atoms with E-state index in [9.17, 15) is 22.8 Å². The summed E-state index contributed by atoms with van der Waals surface area (Å²) in [5, 5.41) is 6.29.